The SMILES string of the molecule is [2H]c1c([2H])c([2H])c(-c2ccc3c(c2)N(c2c(-c4ccccc4)cc(C(C)(C)C)cc2-c2ccccc2)c2cc(-n4c5c([2H])c([2H])c([2H])c([2H])c5c5c([2H])c([2H])c([2H])c([2H])c54)cc4c2B3c2ccc(-n3c5c([2H])c([2H])c([2H])c([2H])c5c5c([2H])c([2H])c([2H])c([2H])c53)cc2N4c2c(-c3ccccc3)cc(C(C)(C)C)cc2-c2nc(-c3c([2H])c([2H])c([2H])c([2H])c3[2H])nc(-c3c([2H])c([2H])c([2H])c([2H])c3[2H])n2)c([2H])c1[2H]. The highest BCUT2D eigenvalue weighted by Crippen LogP contribution is 2.56. The Bertz CT molecular complexity index is 8230. The van der Waals surface area contributed by atoms with Crippen molar-refractivity contribution in [1.82, 2.24) is 24.1 Å². The van der Waals surface area contributed by atoms with Gasteiger partial charge in [0, 0.05) is 83.4 Å². The van der Waals surface area contributed by atoms with E-state index < -0.39 is 233 Å². The lowest BCUT2D eigenvalue weighted by Crippen LogP contribution is -2.61. The normalized spacial score (nSPS) is 16.6. The molecule has 2 aliphatic rings. The Morgan fingerprint density at radius 1 is 0.284 bits per heavy atom. The summed E-state index contributed by atoms with van der Waals surface area (Å²) in [6, 6.07) is 25.4. The third-order valence-electron chi connectivity index (χ3n) is 20.4. The molecule has 0 fully saturated rings. The second-order valence-electron chi connectivity index (χ2n) is 28.8. The van der Waals surface area contributed by atoms with Crippen molar-refractivity contribution in [1.29, 1.82) is 0 Å². The minimum Gasteiger partial charge on any atom is -0.310 e. The average molecular weight is 1430 g/mol. The zero-order chi connectivity index (χ0) is 100. The van der Waals surface area contributed by atoms with E-state index in [1.54, 1.807) is 89.8 Å². The van der Waals surface area contributed by atoms with E-state index in [1.165, 1.54) is 9.13 Å². The van der Waals surface area contributed by atoms with Crippen molar-refractivity contribution in [2.45, 2.75) is 52.4 Å². The summed E-state index contributed by atoms with van der Waals surface area (Å²) in [5, 5.41) is -1.31. The Balaban J connectivity index is 1.09. The van der Waals surface area contributed by atoms with Crippen LogP contribution in [0.4, 0.5) is 34.1 Å². The summed E-state index contributed by atoms with van der Waals surface area (Å²) in [5.74, 6) is -1.85. The van der Waals surface area contributed by atoms with E-state index >= 15 is 0 Å². The van der Waals surface area contributed by atoms with Crippen LogP contribution < -0.4 is 26.2 Å². The van der Waals surface area contributed by atoms with Gasteiger partial charge in [-0.25, -0.2) is 15.0 Å². The van der Waals surface area contributed by atoms with Crippen molar-refractivity contribution < 1.29 is 42.5 Å². The van der Waals surface area contributed by atoms with Gasteiger partial charge >= 0.3 is 0 Å². The number of fused-ring (bicyclic) bond motifs is 10. The number of benzene rings is 15. The van der Waals surface area contributed by atoms with Crippen molar-refractivity contribution in [3.05, 3.63) is 362 Å². The lowest BCUT2D eigenvalue weighted by atomic mass is 9.33. The summed E-state index contributed by atoms with van der Waals surface area (Å²) in [6.07, 6.45) is 0. The van der Waals surface area contributed by atoms with Gasteiger partial charge in [0.15, 0.2) is 17.5 Å². The highest BCUT2D eigenvalue weighted by molar-refractivity contribution is 7.00. The average Bonchev–Trinajstić information content (AvgIpc) is 1.01. The number of hydrogen-bond donors (Lipinski definition) is 0. The third-order valence-corrected chi connectivity index (χ3v) is 20.4. The van der Waals surface area contributed by atoms with Gasteiger partial charge in [-0.1, -0.05) is 314 Å². The molecule has 0 N–H and O–H groups in total. The molecule has 15 aromatic carbocycles. The molecule has 8 heteroatoms. The van der Waals surface area contributed by atoms with Gasteiger partial charge in [0.2, 0.25) is 0 Å². The van der Waals surface area contributed by atoms with Crippen LogP contribution in [0.5, 0.6) is 0 Å². The van der Waals surface area contributed by atoms with Crippen LogP contribution in [0.2, 0.25) is 0 Å². The van der Waals surface area contributed by atoms with Gasteiger partial charge < -0.3 is 18.9 Å². The van der Waals surface area contributed by atoms with Crippen LogP contribution in [0.1, 0.15) is 95.2 Å². The molecule has 5 heterocycles. The second kappa shape index (κ2) is 25.7. The topological polar surface area (TPSA) is 55.0 Å². The number of aromatic nitrogens is 5. The largest absolute Gasteiger partial charge is 0.310 e. The van der Waals surface area contributed by atoms with Gasteiger partial charge in [-0.05, 0) is 145 Å². The molecule has 0 radical (unpaired) electrons. The van der Waals surface area contributed by atoms with Gasteiger partial charge in [-0.15, -0.1) is 0 Å². The van der Waals surface area contributed by atoms with Crippen LogP contribution in [-0.4, -0.2) is 30.8 Å². The summed E-state index contributed by atoms with van der Waals surface area (Å²) in [5.41, 5.74) is 1.47. The zero-order valence-electron chi connectivity index (χ0n) is 90.3. The summed E-state index contributed by atoms with van der Waals surface area (Å²) in [6.45, 7) is 10.6. The molecule has 518 valence electrons. The molecule has 0 bridgehead atoms. The monoisotopic (exact) mass is 1430 g/mol. The van der Waals surface area contributed by atoms with Gasteiger partial charge in [-0.2, -0.15) is 0 Å². The van der Waals surface area contributed by atoms with E-state index in [-0.39, 0.29) is 106 Å². The van der Waals surface area contributed by atoms with E-state index in [0.29, 0.717) is 55.5 Å². The Morgan fingerprint density at radius 2 is 0.624 bits per heavy atom. The van der Waals surface area contributed by atoms with Gasteiger partial charge in [0.1, 0.15) is 0 Å². The molecule has 0 unspecified atom stereocenters. The van der Waals surface area contributed by atoms with Crippen molar-refractivity contribution in [2.75, 3.05) is 9.80 Å². The molecule has 3 aromatic heterocycles. The van der Waals surface area contributed by atoms with E-state index in [2.05, 4.69) is 32.9 Å². The molecule has 7 nitrogen and oxygen atoms in total. The zero-order valence-corrected chi connectivity index (χ0v) is 59.3. The predicted octanol–water partition coefficient (Wildman–Crippen LogP) is 24.4. The third kappa shape index (κ3) is 10.9. The van der Waals surface area contributed by atoms with Crippen LogP contribution in [0.15, 0.2) is 351 Å². The standard InChI is InChI=1S/C101H76BN7/c1-100(2,3)72-58-80(66-35-15-8-16-36-66)95(81(59-72)67-37-17-9-18-38-67)108-90-57-71(65-33-13-7-14-34-65)53-55-84(90)102-85-56-54-74(106-86-49-29-25-45-76(86)77-46-26-30-50-87(77)106)62-91(85)109(93-64-75(63-92(108)94(93)102)107-88-51-31-27-47-78(88)79-48-28-32-52-89(79)107)96-82(68-39-19-10-20-40-68)60-73(101(4,5)6)61-83(96)99-104-97(69-41-21-11-22-42-69)103-98(105-99)70-43-23-12-24-44-70/h7-64H,1-6H3/i7D,11D,12D,13D,14D,21D,22D,23D,24D,25D,26D,27D,28D,29D,30D,31D,32D,33D,34D,41D,42D,43D,44D,45D,46D,47D,48D,49D,50D,51D,52D. The fourth-order valence-corrected chi connectivity index (χ4v) is 15.4. The molecule has 20 rings (SSSR count). The van der Waals surface area contributed by atoms with E-state index in [0.717, 1.165) is 5.56 Å². The van der Waals surface area contributed by atoms with Gasteiger partial charge in [0.25, 0.3) is 6.71 Å². The van der Waals surface area contributed by atoms with Crippen molar-refractivity contribution in [3.63, 3.8) is 0 Å². The van der Waals surface area contributed by atoms with Crippen LogP contribution in [0, 0.1) is 0 Å². The van der Waals surface area contributed by atoms with Gasteiger partial charge in [-0.3, -0.25) is 0 Å². The van der Waals surface area contributed by atoms with Crippen molar-refractivity contribution in [3.8, 4) is 90.0 Å². The van der Waals surface area contributed by atoms with E-state index in [9.17, 15) is 38.4 Å². The number of para-hydroxylation sites is 4. The van der Waals surface area contributed by atoms with Crippen molar-refractivity contribution in [2.24, 2.45) is 0 Å². The summed E-state index contributed by atoms with van der Waals surface area (Å²) < 4.78 is 299. The number of hydrogen-bond acceptors (Lipinski definition) is 5. The first kappa shape index (κ1) is 40.3. The lowest BCUT2D eigenvalue weighted by molar-refractivity contribution is 0.590. The molecular weight excluding hydrogens is 1320 g/mol. The maximum absolute atomic E-state index is 10.3. The van der Waals surface area contributed by atoms with E-state index in [1.807, 2.05) is 92.4 Å². The maximum atomic E-state index is 10.3. The van der Waals surface area contributed by atoms with Crippen LogP contribution in [0.25, 0.3) is 134 Å². The quantitative estimate of drug-likeness (QED) is 0.121. The first-order valence-corrected chi connectivity index (χ1v) is 35.3. The highest BCUT2D eigenvalue weighted by atomic mass is 15.2. The fraction of sp³-hybridized carbons (Fsp3) is 0.0792. The fourth-order valence-electron chi connectivity index (χ4n) is 15.4. The lowest BCUT2D eigenvalue weighted by Gasteiger charge is -2.46. The van der Waals surface area contributed by atoms with Crippen LogP contribution >= 0.6 is 0 Å². The van der Waals surface area contributed by atoms with Crippen LogP contribution in [0.3, 0.4) is 0 Å². The molecule has 0 aliphatic carbocycles. The molecule has 0 spiro atoms. The number of nitrogens with zero attached hydrogens (tertiary/aromatic N) is 7. The highest BCUT2D eigenvalue weighted by Gasteiger charge is 2.47. The summed E-state index contributed by atoms with van der Waals surface area (Å²) in [4.78, 5) is 19.0. The minimum absolute atomic E-state index is 0.0129. The number of rotatable bonds is 11. The first-order valence-electron chi connectivity index (χ1n) is 50.8. The maximum Gasteiger partial charge on any atom is 0.252 e. The molecule has 0 saturated carbocycles. The molecule has 0 saturated heterocycles. The number of anilines is 6. The molecule has 109 heavy (non-hydrogen) atoms. The predicted molar refractivity (Wildman–Crippen MR) is 458 cm³/mol. The van der Waals surface area contributed by atoms with Crippen LogP contribution in [-0.2, 0) is 10.8 Å². The Labute approximate surface area is 679 Å². The molecule has 18 aromatic rings. The summed E-state index contributed by atoms with van der Waals surface area (Å²) in [7, 11) is 0. The van der Waals surface area contributed by atoms with Crippen molar-refractivity contribution >= 4 is 101 Å². The van der Waals surface area contributed by atoms with Gasteiger partial charge in [0.05, 0.1) is 81.6 Å². The Kier molecular flexibility index (Phi) is 9.50. The molecule has 0 amide bonds. The molecule has 0 atom stereocenters. The van der Waals surface area contributed by atoms with E-state index in [4.69, 9.17) is 19.1 Å². The Morgan fingerprint density at radius 3 is 1.05 bits per heavy atom. The molecular formula is C101H76BN7. The first-order chi connectivity index (χ1) is 66.2. The molecule has 2 aliphatic heterocycles. The second-order valence-corrected chi connectivity index (χ2v) is 28.8. The minimum atomic E-state index is -1.27. The summed E-state index contributed by atoms with van der Waals surface area (Å²) >= 11 is 0. The Hall–Kier alpha value is -13.4. The smallest absolute Gasteiger partial charge is 0.252 e.